The van der Waals surface area contributed by atoms with Gasteiger partial charge in [0.15, 0.2) is 5.13 Å². The molecule has 0 fully saturated rings. The summed E-state index contributed by atoms with van der Waals surface area (Å²) >= 11 is 1.43. The van der Waals surface area contributed by atoms with Crippen LogP contribution in [0.5, 0.6) is 0 Å². The Morgan fingerprint density at radius 3 is 2.26 bits per heavy atom. The molecule has 11 heteroatoms. The normalized spacial score (nSPS) is 11.8. The molecule has 0 bridgehead atoms. The Labute approximate surface area is 226 Å². The van der Waals surface area contributed by atoms with Crippen molar-refractivity contribution in [1.29, 1.82) is 0 Å². The number of anilines is 1. The van der Waals surface area contributed by atoms with Gasteiger partial charge in [-0.15, -0.1) is 0 Å². The molecule has 4 aromatic rings. The molecule has 9 nitrogen and oxygen atoms in total. The zero-order valence-electron chi connectivity index (χ0n) is 21.5. The van der Waals surface area contributed by atoms with Crippen LogP contribution in [0.2, 0.25) is 0 Å². The molecule has 0 atom stereocenters. The fraction of sp³-hybridized carbons (Fsp3) is 0.296. The van der Waals surface area contributed by atoms with Crippen molar-refractivity contribution in [2.24, 2.45) is 0 Å². The number of fused-ring (bicyclic) bond motifs is 1. The Balaban J connectivity index is 1.65. The molecule has 200 valence electrons. The maximum absolute atomic E-state index is 13.8. The van der Waals surface area contributed by atoms with Gasteiger partial charge in [-0.25, -0.2) is 13.4 Å². The van der Waals surface area contributed by atoms with Gasteiger partial charge in [-0.1, -0.05) is 29.5 Å². The lowest BCUT2D eigenvalue weighted by Gasteiger charge is -2.22. The molecule has 2 aromatic heterocycles. The maximum atomic E-state index is 13.8. The Bertz CT molecular complexity index is 1470. The summed E-state index contributed by atoms with van der Waals surface area (Å²) in [6, 6.07) is 17.4. The molecule has 0 N–H and O–H groups in total. The molecule has 4 rings (SSSR count). The number of aromatic nitrogens is 2. The van der Waals surface area contributed by atoms with Gasteiger partial charge in [0, 0.05) is 39.1 Å². The second-order valence-electron chi connectivity index (χ2n) is 8.54. The van der Waals surface area contributed by atoms with Gasteiger partial charge in [0.05, 0.1) is 40.6 Å². The predicted octanol–water partition coefficient (Wildman–Crippen LogP) is 4.13. The fourth-order valence-corrected chi connectivity index (χ4v) is 6.33. The van der Waals surface area contributed by atoms with E-state index in [0.29, 0.717) is 16.4 Å². The van der Waals surface area contributed by atoms with Crippen LogP contribution in [0.25, 0.3) is 10.2 Å². The first-order valence-electron chi connectivity index (χ1n) is 12.0. The molecule has 0 saturated heterocycles. The summed E-state index contributed by atoms with van der Waals surface area (Å²) in [6.45, 7) is 3.10. The highest BCUT2D eigenvalue weighted by molar-refractivity contribution is 7.89. The maximum Gasteiger partial charge on any atom is 0.260 e. The minimum Gasteiger partial charge on any atom is -0.383 e. The van der Waals surface area contributed by atoms with E-state index in [9.17, 15) is 13.2 Å². The van der Waals surface area contributed by atoms with Crippen LogP contribution in [-0.4, -0.2) is 69.1 Å². The number of benzene rings is 2. The lowest BCUT2D eigenvalue weighted by molar-refractivity contribution is 0.0984. The molecule has 2 heterocycles. The third-order valence-electron chi connectivity index (χ3n) is 5.96. The first-order valence-corrected chi connectivity index (χ1v) is 14.3. The molecular weight excluding hydrogens is 524 g/mol. The van der Waals surface area contributed by atoms with E-state index in [1.54, 1.807) is 11.1 Å². The van der Waals surface area contributed by atoms with E-state index < -0.39 is 10.0 Å². The largest absolute Gasteiger partial charge is 0.383 e. The second kappa shape index (κ2) is 12.5. The topological polar surface area (TPSA) is 102 Å². The number of hydrogen-bond donors (Lipinski definition) is 0. The Morgan fingerprint density at radius 2 is 1.66 bits per heavy atom. The van der Waals surface area contributed by atoms with Crippen LogP contribution in [0.1, 0.15) is 21.6 Å². The molecule has 0 radical (unpaired) electrons. The highest BCUT2D eigenvalue weighted by atomic mass is 32.2. The molecule has 38 heavy (non-hydrogen) atoms. The van der Waals surface area contributed by atoms with E-state index >= 15 is 0 Å². The molecule has 0 unspecified atom stereocenters. The monoisotopic (exact) mass is 554 g/mol. The zero-order valence-corrected chi connectivity index (χ0v) is 23.2. The summed E-state index contributed by atoms with van der Waals surface area (Å²) in [5.41, 5.74) is 2.93. The van der Waals surface area contributed by atoms with Crippen LogP contribution in [0.4, 0.5) is 5.13 Å². The third-order valence-corrected chi connectivity index (χ3v) is 8.92. The number of thiazole rings is 1. The third kappa shape index (κ3) is 6.25. The van der Waals surface area contributed by atoms with Gasteiger partial charge in [0.1, 0.15) is 0 Å². The number of methoxy groups -OCH3 is 2. The van der Waals surface area contributed by atoms with Crippen molar-refractivity contribution in [3.05, 3.63) is 83.7 Å². The summed E-state index contributed by atoms with van der Waals surface area (Å²) in [6.07, 6.45) is 1.68. The molecule has 0 aliphatic heterocycles. The second-order valence-corrected chi connectivity index (χ2v) is 11.5. The number of ether oxygens (including phenoxy) is 2. The first-order chi connectivity index (χ1) is 18.3. The smallest absolute Gasteiger partial charge is 0.260 e. The summed E-state index contributed by atoms with van der Waals surface area (Å²) in [4.78, 5) is 24.6. The van der Waals surface area contributed by atoms with E-state index in [4.69, 9.17) is 14.5 Å². The lowest BCUT2D eigenvalue weighted by atomic mass is 10.2. The zero-order chi connectivity index (χ0) is 27.1. The number of rotatable bonds is 12. The highest BCUT2D eigenvalue weighted by Crippen LogP contribution is 2.32. The number of pyridine rings is 1. The average molecular weight is 555 g/mol. The van der Waals surface area contributed by atoms with E-state index in [0.717, 1.165) is 15.8 Å². The van der Waals surface area contributed by atoms with Crippen LogP contribution in [0, 0.1) is 6.92 Å². The number of nitrogens with zero attached hydrogens (tertiary/aromatic N) is 4. The van der Waals surface area contributed by atoms with Crippen LogP contribution < -0.4 is 4.90 Å². The summed E-state index contributed by atoms with van der Waals surface area (Å²) in [7, 11) is -0.765. The summed E-state index contributed by atoms with van der Waals surface area (Å²) < 4.78 is 39.0. The van der Waals surface area contributed by atoms with Crippen LogP contribution in [0.3, 0.4) is 0 Å². The van der Waals surface area contributed by atoms with Gasteiger partial charge in [-0.05, 0) is 55.0 Å². The van der Waals surface area contributed by atoms with Crippen LogP contribution >= 0.6 is 11.3 Å². The van der Waals surface area contributed by atoms with Crippen molar-refractivity contribution in [2.75, 3.05) is 45.4 Å². The van der Waals surface area contributed by atoms with Crippen molar-refractivity contribution in [1.82, 2.24) is 14.3 Å². The Morgan fingerprint density at radius 1 is 0.947 bits per heavy atom. The van der Waals surface area contributed by atoms with E-state index in [1.807, 2.05) is 43.3 Å². The quantitative estimate of drug-likeness (QED) is 0.260. The number of amides is 1. The number of aryl methyl sites for hydroxylation is 1. The number of sulfonamides is 1. The minimum absolute atomic E-state index is 0.0909. The molecular formula is C27H30N4O5S2. The SMILES string of the molecule is COCCN(CCOC)S(=O)(=O)c1ccc(C(=O)N(Cc2ccccn2)c2nc3c(C)cccc3s2)cc1. The van der Waals surface area contributed by atoms with Gasteiger partial charge in [0.2, 0.25) is 10.0 Å². The Kier molecular flexibility index (Phi) is 9.18. The van der Waals surface area contributed by atoms with Gasteiger partial charge in [0.25, 0.3) is 5.91 Å². The predicted molar refractivity (Wildman–Crippen MR) is 148 cm³/mol. The van der Waals surface area contributed by atoms with E-state index in [2.05, 4.69) is 4.98 Å². The van der Waals surface area contributed by atoms with E-state index in [-0.39, 0.29) is 43.7 Å². The van der Waals surface area contributed by atoms with Crippen molar-refractivity contribution >= 4 is 42.6 Å². The molecule has 0 spiro atoms. The molecule has 0 aliphatic carbocycles. The standard InChI is InChI=1S/C27H30N4O5S2/c1-20-7-6-9-24-25(20)29-27(37-24)31(19-22-8-4-5-14-28-22)26(32)21-10-12-23(13-11-21)38(33,34)30(15-17-35-2)16-18-36-3/h4-14H,15-19H2,1-3H3. The number of para-hydroxylation sites is 1. The molecule has 0 aliphatic rings. The number of carbonyl (C=O) groups excluding carboxylic acids is 1. The average Bonchev–Trinajstić information content (AvgIpc) is 3.37. The van der Waals surface area contributed by atoms with Crippen molar-refractivity contribution in [2.45, 2.75) is 18.4 Å². The van der Waals surface area contributed by atoms with Gasteiger partial charge in [-0.3, -0.25) is 14.7 Å². The van der Waals surface area contributed by atoms with Crippen LogP contribution in [-0.2, 0) is 26.0 Å². The number of hydrogen-bond acceptors (Lipinski definition) is 8. The van der Waals surface area contributed by atoms with Crippen LogP contribution in [0.15, 0.2) is 71.8 Å². The minimum atomic E-state index is -3.80. The highest BCUT2D eigenvalue weighted by Gasteiger charge is 2.26. The number of carbonyl (C=O) groups is 1. The molecule has 2 aromatic carbocycles. The van der Waals surface area contributed by atoms with Crippen molar-refractivity contribution in [3.63, 3.8) is 0 Å². The van der Waals surface area contributed by atoms with Gasteiger partial charge >= 0.3 is 0 Å². The van der Waals surface area contributed by atoms with Gasteiger partial charge in [-0.2, -0.15) is 4.31 Å². The van der Waals surface area contributed by atoms with Crippen molar-refractivity contribution < 1.29 is 22.7 Å². The molecule has 1 amide bonds. The van der Waals surface area contributed by atoms with E-state index in [1.165, 1.54) is 54.1 Å². The lowest BCUT2D eigenvalue weighted by Crippen LogP contribution is -2.36. The fourth-order valence-electron chi connectivity index (χ4n) is 3.88. The summed E-state index contributed by atoms with van der Waals surface area (Å²) in [5.74, 6) is -0.299. The first kappa shape index (κ1) is 27.8. The van der Waals surface area contributed by atoms with Gasteiger partial charge < -0.3 is 9.47 Å². The van der Waals surface area contributed by atoms with Crippen molar-refractivity contribution in [3.8, 4) is 0 Å². The summed E-state index contributed by atoms with van der Waals surface area (Å²) in [5, 5.41) is 0.548. The molecule has 0 saturated carbocycles. The Hall–Kier alpha value is -3.22.